The molecule has 2 N–H and O–H groups in total. The fourth-order valence-electron chi connectivity index (χ4n) is 7.23. The zero-order valence-corrected chi connectivity index (χ0v) is 34.9. The minimum atomic E-state index is -0.0257. The number of unbranched alkanes of at least 4 members (excludes halogenated alkanes) is 22. The van der Waals surface area contributed by atoms with Gasteiger partial charge in [0.1, 0.15) is 0 Å². The van der Waals surface area contributed by atoms with Crippen molar-refractivity contribution in [2.24, 2.45) is 0 Å². The predicted molar refractivity (Wildman–Crippen MR) is 220 cm³/mol. The summed E-state index contributed by atoms with van der Waals surface area (Å²) in [5.74, 6) is 0.310. The van der Waals surface area contributed by atoms with E-state index in [1.165, 1.54) is 148 Å². The Labute approximate surface area is 313 Å². The van der Waals surface area contributed by atoms with Gasteiger partial charge in [-0.1, -0.05) is 188 Å². The Morgan fingerprint density at radius 1 is 0.480 bits per heavy atom. The van der Waals surface area contributed by atoms with Gasteiger partial charge in [-0.05, 0) is 52.7 Å². The highest BCUT2D eigenvalue weighted by molar-refractivity contribution is 5.79. The lowest BCUT2D eigenvalue weighted by atomic mass is 10.00. The summed E-state index contributed by atoms with van der Waals surface area (Å²) in [5, 5.41) is 0. The second kappa shape index (κ2) is 37.6. The molecule has 0 fully saturated rings. The molecule has 1 unspecified atom stereocenters. The molecular weight excluding hydrogens is 617 g/mol. The molecule has 0 heterocycles. The molecule has 0 aromatic rings. The van der Waals surface area contributed by atoms with Gasteiger partial charge in [0.15, 0.2) is 0 Å². The van der Waals surface area contributed by atoms with Crippen molar-refractivity contribution < 1.29 is 9.59 Å². The highest BCUT2D eigenvalue weighted by Gasteiger charge is 2.26. The van der Waals surface area contributed by atoms with Crippen LogP contribution in [0.2, 0.25) is 0 Å². The van der Waals surface area contributed by atoms with E-state index in [-0.39, 0.29) is 17.9 Å². The van der Waals surface area contributed by atoms with Gasteiger partial charge in [-0.25, -0.2) is 5.43 Å². The van der Waals surface area contributed by atoms with Gasteiger partial charge >= 0.3 is 0 Å². The Hall–Kier alpha value is -1.14. The maximum absolute atomic E-state index is 13.8. The number of nitrogens with zero attached hydrogens (tertiary/aromatic N) is 2. The highest BCUT2D eigenvalue weighted by Crippen LogP contribution is 2.20. The molecule has 298 valence electrons. The summed E-state index contributed by atoms with van der Waals surface area (Å²) in [6.07, 6.45) is 37.9. The van der Waals surface area contributed by atoms with Crippen LogP contribution in [0.25, 0.3) is 0 Å². The molecule has 0 rings (SSSR count). The average Bonchev–Trinajstić information content (AvgIpc) is 3.10. The third-order valence-corrected chi connectivity index (χ3v) is 10.5. The molecule has 50 heavy (non-hydrogen) atoms. The number of nitrogens with one attached hydrogen (secondary N) is 2. The van der Waals surface area contributed by atoms with Crippen LogP contribution in [0.5, 0.6) is 0 Å². The van der Waals surface area contributed by atoms with Crippen LogP contribution in [-0.4, -0.2) is 60.9 Å². The smallest absolute Gasteiger partial charge is 0.236 e. The van der Waals surface area contributed by atoms with Crippen LogP contribution in [0.1, 0.15) is 233 Å². The van der Waals surface area contributed by atoms with Crippen LogP contribution in [0.3, 0.4) is 0 Å². The van der Waals surface area contributed by atoms with E-state index in [9.17, 15) is 9.59 Å². The summed E-state index contributed by atoms with van der Waals surface area (Å²) < 4.78 is 0. The van der Waals surface area contributed by atoms with E-state index in [1.54, 1.807) is 0 Å². The van der Waals surface area contributed by atoms with E-state index in [0.29, 0.717) is 18.9 Å². The number of carbonyl (C=O) groups is 2. The van der Waals surface area contributed by atoms with Gasteiger partial charge in [0.2, 0.25) is 11.8 Å². The van der Waals surface area contributed by atoms with Gasteiger partial charge in [-0.3, -0.25) is 15.0 Å². The molecule has 1 atom stereocenters. The number of hydrogen-bond donors (Lipinski definition) is 2. The fourth-order valence-corrected chi connectivity index (χ4v) is 7.23. The molecule has 0 spiro atoms. The first-order chi connectivity index (χ1) is 24.4. The lowest BCUT2D eigenvalue weighted by molar-refractivity contribution is -0.135. The second-order valence-corrected chi connectivity index (χ2v) is 15.9. The summed E-state index contributed by atoms with van der Waals surface area (Å²) in [6, 6.07) is 0.301. The predicted octanol–water partition coefficient (Wildman–Crippen LogP) is 12.3. The van der Waals surface area contributed by atoms with Crippen LogP contribution < -0.4 is 10.9 Å². The van der Waals surface area contributed by atoms with Crippen molar-refractivity contribution in [2.45, 2.75) is 245 Å². The van der Waals surface area contributed by atoms with Crippen LogP contribution in [0, 0.1) is 0 Å². The van der Waals surface area contributed by atoms with Crippen molar-refractivity contribution in [3.63, 3.8) is 0 Å². The fraction of sp³-hybridized carbons (Fsp3) is 0.955. The van der Waals surface area contributed by atoms with E-state index in [0.717, 1.165) is 58.0 Å². The molecule has 0 saturated heterocycles. The molecule has 0 radical (unpaired) electrons. The number of hydrogen-bond acceptors (Lipinski definition) is 4. The first-order valence-corrected chi connectivity index (χ1v) is 22.4. The molecule has 2 amide bonds. The molecule has 6 heteroatoms. The Bertz CT molecular complexity index is 715. The van der Waals surface area contributed by atoms with Gasteiger partial charge in [-0.15, -0.1) is 0 Å². The Kier molecular flexibility index (Phi) is 36.8. The molecule has 0 aliphatic rings. The zero-order valence-electron chi connectivity index (χ0n) is 34.9. The number of amides is 2. The van der Waals surface area contributed by atoms with Gasteiger partial charge < -0.3 is 9.80 Å². The summed E-state index contributed by atoms with van der Waals surface area (Å²) >= 11 is 0. The first-order valence-electron chi connectivity index (χ1n) is 22.4. The Morgan fingerprint density at radius 3 is 1.32 bits per heavy atom. The number of rotatable bonds is 39. The van der Waals surface area contributed by atoms with E-state index >= 15 is 0 Å². The molecule has 0 bridgehead atoms. The Balaban J connectivity index is 5.44. The maximum atomic E-state index is 13.8. The third kappa shape index (κ3) is 31.6. The molecule has 0 aromatic heterocycles. The lowest BCUT2D eigenvalue weighted by Gasteiger charge is -2.33. The van der Waals surface area contributed by atoms with Crippen molar-refractivity contribution in [1.82, 2.24) is 20.7 Å². The van der Waals surface area contributed by atoms with Crippen LogP contribution >= 0.6 is 0 Å². The van der Waals surface area contributed by atoms with Crippen LogP contribution in [0.15, 0.2) is 0 Å². The molecule has 0 saturated carbocycles. The molecule has 6 nitrogen and oxygen atoms in total. The van der Waals surface area contributed by atoms with Crippen molar-refractivity contribution >= 4 is 11.8 Å². The minimum absolute atomic E-state index is 0.0257. The van der Waals surface area contributed by atoms with Crippen molar-refractivity contribution in [3.05, 3.63) is 0 Å². The SMILES string of the molecule is CCCCCCCCCC(=O)N(CCCN(C)C)C(CCCCCCCCC)CC(=O)NNC(CCCCCCCC)CCCCCCCC. The van der Waals surface area contributed by atoms with Crippen LogP contribution in [0.4, 0.5) is 0 Å². The van der Waals surface area contributed by atoms with Gasteiger partial charge in [-0.2, -0.15) is 0 Å². The number of hydrazine groups is 1. The van der Waals surface area contributed by atoms with Crippen molar-refractivity contribution in [3.8, 4) is 0 Å². The maximum Gasteiger partial charge on any atom is 0.236 e. The average molecular weight is 707 g/mol. The normalized spacial score (nSPS) is 12.2. The largest absolute Gasteiger partial charge is 0.339 e. The van der Waals surface area contributed by atoms with E-state index < -0.39 is 0 Å². The van der Waals surface area contributed by atoms with Crippen molar-refractivity contribution in [2.75, 3.05) is 27.2 Å². The van der Waals surface area contributed by atoms with Gasteiger partial charge in [0.25, 0.3) is 0 Å². The lowest BCUT2D eigenvalue weighted by Crippen LogP contribution is -2.48. The summed E-state index contributed by atoms with van der Waals surface area (Å²) in [7, 11) is 4.21. The quantitative estimate of drug-likeness (QED) is 0.0493. The summed E-state index contributed by atoms with van der Waals surface area (Å²) in [6.45, 7) is 10.8. The highest BCUT2D eigenvalue weighted by atomic mass is 16.2. The third-order valence-electron chi connectivity index (χ3n) is 10.5. The van der Waals surface area contributed by atoms with E-state index in [4.69, 9.17) is 0 Å². The minimum Gasteiger partial charge on any atom is -0.339 e. The summed E-state index contributed by atoms with van der Waals surface area (Å²) in [4.78, 5) is 31.8. The van der Waals surface area contributed by atoms with Crippen LogP contribution in [-0.2, 0) is 9.59 Å². The van der Waals surface area contributed by atoms with E-state index in [1.807, 2.05) is 0 Å². The van der Waals surface area contributed by atoms with Crippen molar-refractivity contribution in [1.29, 1.82) is 0 Å². The Morgan fingerprint density at radius 2 is 0.880 bits per heavy atom. The standard InChI is InChI=1S/C44H90N4O2/c1-7-11-15-19-23-27-31-36-42(48(39-33-38-47(5)6)44(50)37-32-28-24-20-16-12-8-2)40-43(49)46-45-41(34-29-25-21-17-13-9-3)35-30-26-22-18-14-10-4/h41-42,45H,7-40H2,1-6H3,(H,46,49). The molecular formula is C44H90N4O2. The molecule has 0 aliphatic heterocycles. The molecule has 0 aliphatic carbocycles. The van der Waals surface area contributed by atoms with Gasteiger partial charge in [0.05, 0.1) is 0 Å². The monoisotopic (exact) mass is 707 g/mol. The summed E-state index contributed by atoms with van der Waals surface area (Å²) in [5.41, 5.74) is 6.67. The second-order valence-electron chi connectivity index (χ2n) is 15.9. The first kappa shape index (κ1) is 48.9. The topological polar surface area (TPSA) is 64.7 Å². The molecule has 0 aromatic carbocycles. The zero-order chi connectivity index (χ0) is 36.9. The van der Waals surface area contributed by atoms with E-state index in [2.05, 4.69) is 62.4 Å². The van der Waals surface area contributed by atoms with Gasteiger partial charge in [0, 0.05) is 31.5 Å². The number of carbonyl (C=O) groups excluding carboxylic acids is 2.